The number of nitrogens with zero attached hydrogens (tertiary/aromatic N) is 3. The van der Waals surface area contributed by atoms with E-state index in [9.17, 15) is 9.59 Å². The van der Waals surface area contributed by atoms with E-state index in [1.807, 2.05) is 18.2 Å². The first-order valence-electron chi connectivity index (χ1n) is 8.81. The quantitative estimate of drug-likeness (QED) is 0.752. The zero-order valence-electron chi connectivity index (χ0n) is 15.4. The molecule has 2 aliphatic heterocycles. The van der Waals surface area contributed by atoms with Gasteiger partial charge >= 0.3 is 0 Å². The predicted molar refractivity (Wildman–Crippen MR) is 96.0 cm³/mol. The van der Waals surface area contributed by atoms with Crippen LogP contribution in [0.5, 0.6) is 11.5 Å². The minimum absolute atomic E-state index is 0.000449. The molecule has 0 atom stereocenters. The number of ether oxygens (including phenoxy) is 2. The SMILES string of the molecule is CN(C)C(=O)CN1CCN(CC(=O)NCc2ccc3c(c2)OCO3)CC1. The molecule has 2 aliphatic rings. The summed E-state index contributed by atoms with van der Waals surface area (Å²) < 4.78 is 10.6. The summed E-state index contributed by atoms with van der Waals surface area (Å²) in [6, 6.07) is 5.68. The Morgan fingerprint density at radius 3 is 2.38 bits per heavy atom. The number of piperazine rings is 1. The molecule has 0 bridgehead atoms. The van der Waals surface area contributed by atoms with Gasteiger partial charge in [-0.3, -0.25) is 19.4 Å². The van der Waals surface area contributed by atoms with Crippen molar-refractivity contribution in [3.63, 3.8) is 0 Å². The summed E-state index contributed by atoms with van der Waals surface area (Å²) in [6.45, 7) is 4.71. The summed E-state index contributed by atoms with van der Waals surface area (Å²) in [6.07, 6.45) is 0. The lowest BCUT2D eigenvalue weighted by molar-refractivity contribution is -0.131. The number of rotatable bonds is 6. The van der Waals surface area contributed by atoms with Gasteiger partial charge < -0.3 is 19.7 Å². The molecule has 2 amide bonds. The van der Waals surface area contributed by atoms with Crippen molar-refractivity contribution < 1.29 is 19.1 Å². The second-order valence-corrected chi connectivity index (χ2v) is 6.80. The summed E-state index contributed by atoms with van der Waals surface area (Å²) in [4.78, 5) is 29.8. The van der Waals surface area contributed by atoms with E-state index < -0.39 is 0 Å². The Morgan fingerprint density at radius 2 is 1.69 bits per heavy atom. The van der Waals surface area contributed by atoms with Gasteiger partial charge in [-0.1, -0.05) is 6.07 Å². The third kappa shape index (κ3) is 4.86. The van der Waals surface area contributed by atoms with Crippen LogP contribution in [0.1, 0.15) is 5.56 Å². The first-order chi connectivity index (χ1) is 12.5. The normalized spacial score (nSPS) is 17.2. The van der Waals surface area contributed by atoms with E-state index in [0.29, 0.717) is 19.6 Å². The monoisotopic (exact) mass is 362 g/mol. The van der Waals surface area contributed by atoms with E-state index in [2.05, 4.69) is 15.1 Å². The fourth-order valence-electron chi connectivity index (χ4n) is 2.95. The molecule has 3 rings (SSSR count). The number of likely N-dealkylation sites (N-methyl/N-ethyl adjacent to an activating group) is 1. The first-order valence-corrected chi connectivity index (χ1v) is 8.81. The topological polar surface area (TPSA) is 74.4 Å². The maximum absolute atomic E-state index is 12.2. The molecule has 1 saturated heterocycles. The highest BCUT2D eigenvalue weighted by Gasteiger charge is 2.21. The van der Waals surface area contributed by atoms with Gasteiger partial charge in [0.2, 0.25) is 18.6 Å². The lowest BCUT2D eigenvalue weighted by Gasteiger charge is -2.34. The number of amides is 2. The largest absolute Gasteiger partial charge is 0.454 e. The molecule has 142 valence electrons. The molecule has 0 aliphatic carbocycles. The van der Waals surface area contributed by atoms with Gasteiger partial charge in [0.1, 0.15) is 0 Å². The molecule has 8 heteroatoms. The first kappa shape index (κ1) is 18.5. The molecular weight excluding hydrogens is 336 g/mol. The minimum atomic E-state index is 0.000449. The van der Waals surface area contributed by atoms with E-state index in [4.69, 9.17) is 9.47 Å². The lowest BCUT2D eigenvalue weighted by atomic mass is 10.2. The summed E-state index contributed by atoms with van der Waals surface area (Å²) in [7, 11) is 3.53. The molecule has 1 N–H and O–H groups in total. The summed E-state index contributed by atoms with van der Waals surface area (Å²) in [5, 5.41) is 2.94. The van der Waals surface area contributed by atoms with Gasteiger partial charge in [-0.05, 0) is 17.7 Å². The second kappa shape index (κ2) is 8.37. The minimum Gasteiger partial charge on any atom is -0.454 e. The van der Waals surface area contributed by atoms with Crippen molar-refractivity contribution in [3.05, 3.63) is 23.8 Å². The molecule has 0 aromatic heterocycles. The van der Waals surface area contributed by atoms with Crippen molar-refractivity contribution in [2.45, 2.75) is 6.54 Å². The molecule has 26 heavy (non-hydrogen) atoms. The number of nitrogens with one attached hydrogen (secondary N) is 1. The van der Waals surface area contributed by atoms with Gasteiger partial charge in [-0.15, -0.1) is 0 Å². The number of hydrogen-bond acceptors (Lipinski definition) is 6. The highest BCUT2D eigenvalue weighted by molar-refractivity contribution is 5.78. The molecule has 2 heterocycles. The molecule has 0 spiro atoms. The third-order valence-corrected chi connectivity index (χ3v) is 4.62. The van der Waals surface area contributed by atoms with Gasteiger partial charge in [0.15, 0.2) is 11.5 Å². The fraction of sp³-hybridized carbons (Fsp3) is 0.556. The van der Waals surface area contributed by atoms with Crippen LogP contribution in [-0.4, -0.2) is 86.7 Å². The number of fused-ring (bicyclic) bond motifs is 1. The molecule has 0 saturated carbocycles. The smallest absolute Gasteiger partial charge is 0.236 e. The molecule has 0 unspecified atom stereocenters. The summed E-state index contributed by atoms with van der Waals surface area (Å²) in [5.74, 6) is 1.58. The van der Waals surface area contributed by atoms with Crippen molar-refractivity contribution >= 4 is 11.8 Å². The van der Waals surface area contributed by atoms with E-state index >= 15 is 0 Å². The van der Waals surface area contributed by atoms with Gasteiger partial charge in [0.25, 0.3) is 0 Å². The van der Waals surface area contributed by atoms with E-state index in [1.165, 1.54) is 0 Å². The van der Waals surface area contributed by atoms with Crippen LogP contribution in [0.2, 0.25) is 0 Å². The average molecular weight is 362 g/mol. The van der Waals surface area contributed by atoms with Crippen molar-refractivity contribution in [3.8, 4) is 11.5 Å². The second-order valence-electron chi connectivity index (χ2n) is 6.80. The van der Waals surface area contributed by atoms with E-state index in [-0.39, 0.29) is 18.6 Å². The molecule has 1 fully saturated rings. The Kier molecular flexibility index (Phi) is 5.95. The van der Waals surface area contributed by atoms with Crippen LogP contribution < -0.4 is 14.8 Å². The summed E-state index contributed by atoms with van der Waals surface area (Å²) >= 11 is 0. The van der Waals surface area contributed by atoms with Crippen molar-refractivity contribution in [2.24, 2.45) is 0 Å². The number of carbonyl (C=O) groups is 2. The van der Waals surface area contributed by atoms with Crippen LogP contribution >= 0.6 is 0 Å². The highest BCUT2D eigenvalue weighted by Crippen LogP contribution is 2.32. The molecule has 1 aromatic rings. The van der Waals surface area contributed by atoms with Crippen LogP contribution in [0.25, 0.3) is 0 Å². The Morgan fingerprint density at radius 1 is 1.04 bits per heavy atom. The number of benzene rings is 1. The molecule has 8 nitrogen and oxygen atoms in total. The van der Waals surface area contributed by atoms with Crippen LogP contribution in [0.3, 0.4) is 0 Å². The zero-order chi connectivity index (χ0) is 18.5. The van der Waals surface area contributed by atoms with Crippen LogP contribution in [-0.2, 0) is 16.1 Å². The average Bonchev–Trinajstić information content (AvgIpc) is 3.09. The molecule has 1 aromatic carbocycles. The maximum Gasteiger partial charge on any atom is 0.236 e. The molecule has 0 radical (unpaired) electrons. The highest BCUT2D eigenvalue weighted by atomic mass is 16.7. The number of hydrogen-bond donors (Lipinski definition) is 1. The van der Waals surface area contributed by atoms with Gasteiger partial charge in [0.05, 0.1) is 13.1 Å². The van der Waals surface area contributed by atoms with Crippen LogP contribution in [0.4, 0.5) is 0 Å². The van der Waals surface area contributed by atoms with Gasteiger partial charge in [-0.25, -0.2) is 0 Å². The van der Waals surface area contributed by atoms with Gasteiger partial charge in [-0.2, -0.15) is 0 Å². The Bertz CT molecular complexity index is 657. The Hall–Kier alpha value is -2.32. The van der Waals surface area contributed by atoms with Crippen molar-refractivity contribution in [2.75, 3.05) is 60.2 Å². The lowest BCUT2D eigenvalue weighted by Crippen LogP contribution is -2.51. The Balaban J connectivity index is 1.37. The number of carbonyl (C=O) groups excluding carboxylic acids is 2. The predicted octanol–water partition coefficient (Wildman–Crippen LogP) is -0.263. The third-order valence-electron chi connectivity index (χ3n) is 4.62. The van der Waals surface area contributed by atoms with Crippen LogP contribution in [0.15, 0.2) is 18.2 Å². The van der Waals surface area contributed by atoms with Gasteiger partial charge in [0, 0.05) is 46.8 Å². The maximum atomic E-state index is 12.2. The van der Waals surface area contributed by atoms with E-state index in [0.717, 1.165) is 43.2 Å². The van der Waals surface area contributed by atoms with Crippen molar-refractivity contribution in [1.82, 2.24) is 20.0 Å². The fourth-order valence-corrected chi connectivity index (χ4v) is 2.95. The van der Waals surface area contributed by atoms with Crippen LogP contribution in [0, 0.1) is 0 Å². The standard InChI is InChI=1S/C18H26N4O4/c1-20(2)18(24)12-22-7-5-21(6-8-22)11-17(23)19-10-14-3-4-15-16(9-14)26-13-25-15/h3-4,9H,5-8,10-13H2,1-2H3,(H,19,23). The summed E-state index contributed by atoms with van der Waals surface area (Å²) in [5.41, 5.74) is 0.981. The zero-order valence-corrected chi connectivity index (χ0v) is 15.4. The molecular formula is C18H26N4O4. The van der Waals surface area contributed by atoms with E-state index in [1.54, 1.807) is 19.0 Å². The Labute approximate surface area is 153 Å². The van der Waals surface area contributed by atoms with Crippen molar-refractivity contribution in [1.29, 1.82) is 0 Å².